The van der Waals surface area contributed by atoms with E-state index in [1.165, 1.54) is 22.8 Å². The van der Waals surface area contributed by atoms with Gasteiger partial charge >= 0.3 is 6.09 Å². The number of halogens is 1. The lowest BCUT2D eigenvalue weighted by molar-refractivity contribution is 0.0914. The molecule has 2 saturated heterocycles. The summed E-state index contributed by atoms with van der Waals surface area (Å²) in [5.74, 6) is 3.33. The minimum Gasteiger partial charge on any atom is -0.450 e. The third-order valence-electron chi connectivity index (χ3n) is 5.16. The van der Waals surface area contributed by atoms with E-state index in [4.69, 9.17) is 9.73 Å². The molecule has 2 fully saturated rings. The summed E-state index contributed by atoms with van der Waals surface area (Å²) in [6, 6.07) is 8.80. The van der Waals surface area contributed by atoms with Crippen LogP contribution in [0.2, 0.25) is 0 Å². The van der Waals surface area contributed by atoms with Crippen LogP contribution in [-0.2, 0) is 11.3 Å². The number of thioether (sulfide) groups is 1. The van der Waals surface area contributed by atoms with Crippen LogP contribution in [0.1, 0.15) is 19.4 Å². The number of benzene rings is 1. The van der Waals surface area contributed by atoms with Crippen LogP contribution < -0.4 is 10.2 Å². The predicted molar refractivity (Wildman–Crippen MR) is 136 cm³/mol. The molecule has 168 valence electrons. The van der Waals surface area contributed by atoms with Crippen molar-refractivity contribution in [1.29, 1.82) is 0 Å². The molecule has 1 N–H and O–H groups in total. The number of anilines is 1. The molecule has 7 nitrogen and oxygen atoms in total. The van der Waals surface area contributed by atoms with Gasteiger partial charge in [-0.3, -0.25) is 0 Å². The fourth-order valence-corrected chi connectivity index (χ4v) is 4.44. The lowest BCUT2D eigenvalue weighted by Crippen LogP contribution is -2.53. The molecule has 0 aromatic heterocycles. The largest absolute Gasteiger partial charge is 0.450 e. The van der Waals surface area contributed by atoms with E-state index in [9.17, 15) is 4.79 Å². The molecule has 3 rings (SSSR count). The first kappa shape index (κ1) is 24.9. The second-order valence-corrected chi connectivity index (χ2v) is 8.33. The molecule has 30 heavy (non-hydrogen) atoms. The van der Waals surface area contributed by atoms with Crippen molar-refractivity contribution in [3.8, 4) is 0 Å². The van der Waals surface area contributed by atoms with Crippen molar-refractivity contribution in [2.24, 2.45) is 4.99 Å². The van der Waals surface area contributed by atoms with E-state index in [0.29, 0.717) is 26.2 Å². The quantitative estimate of drug-likeness (QED) is 0.348. The lowest BCUT2D eigenvalue weighted by Gasteiger charge is -2.35. The molecule has 0 atom stereocenters. The summed E-state index contributed by atoms with van der Waals surface area (Å²) in [6.07, 6.45) is -0.221. The van der Waals surface area contributed by atoms with Gasteiger partial charge in [-0.25, -0.2) is 9.79 Å². The van der Waals surface area contributed by atoms with Gasteiger partial charge in [0.1, 0.15) is 0 Å². The molecule has 1 aromatic rings. The zero-order valence-corrected chi connectivity index (χ0v) is 21.2. The fourth-order valence-electron chi connectivity index (χ4n) is 3.54. The van der Waals surface area contributed by atoms with Crippen molar-refractivity contribution in [2.75, 3.05) is 68.8 Å². The summed E-state index contributed by atoms with van der Waals surface area (Å²) >= 11 is 2.03. The Balaban J connectivity index is 0.00000320. The Morgan fingerprint density at radius 3 is 2.27 bits per heavy atom. The average Bonchev–Trinajstić information content (AvgIpc) is 2.78. The van der Waals surface area contributed by atoms with Gasteiger partial charge in [-0.05, 0) is 31.5 Å². The maximum atomic E-state index is 11.9. The van der Waals surface area contributed by atoms with Gasteiger partial charge in [-0.15, -0.1) is 24.0 Å². The Morgan fingerprint density at radius 1 is 1.03 bits per heavy atom. The van der Waals surface area contributed by atoms with Crippen molar-refractivity contribution in [3.05, 3.63) is 29.8 Å². The van der Waals surface area contributed by atoms with Crippen molar-refractivity contribution in [1.82, 2.24) is 15.1 Å². The number of rotatable bonds is 5. The van der Waals surface area contributed by atoms with Gasteiger partial charge in [0, 0.05) is 63.0 Å². The molecular weight excluding hydrogens is 513 g/mol. The SMILES string of the molecule is CCNC(=NCc1ccc(N2CCSCC2)cc1)N1CCN(C(=O)OCC)CC1.I. The van der Waals surface area contributed by atoms with Gasteiger partial charge in [-0.2, -0.15) is 11.8 Å². The minimum absolute atomic E-state index is 0. The third-order valence-corrected chi connectivity index (χ3v) is 6.11. The van der Waals surface area contributed by atoms with Crippen molar-refractivity contribution in [3.63, 3.8) is 0 Å². The molecule has 2 aliphatic rings. The summed E-state index contributed by atoms with van der Waals surface area (Å²) in [5, 5.41) is 3.39. The normalized spacial score (nSPS) is 17.4. The molecule has 0 radical (unpaired) electrons. The molecule has 2 aliphatic heterocycles. The topological polar surface area (TPSA) is 60.4 Å². The van der Waals surface area contributed by atoms with E-state index >= 15 is 0 Å². The number of nitrogens with zero attached hydrogens (tertiary/aromatic N) is 4. The van der Waals surface area contributed by atoms with E-state index < -0.39 is 0 Å². The third kappa shape index (κ3) is 7.11. The van der Waals surface area contributed by atoms with Gasteiger partial charge in [0.05, 0.1) is 13.2 Å². The number of hydrogen-bond donors (Lipinski definition) is 1. The zero-order valence-electron chi connectivity index (χ0n) is 18.0. The summed E-state index contributed by atoms with van der Waals surface area (Å²) in [5.41, 5.74) is 2.51. The molecule has 1 amide bonds. The summed E-state index contributed by atoms with van der Waals surface area (Å²) in [6.45, 7) is 10.9. The van der Waals surface area contributed by atoms with Gasteiger partial charge in [0.2, 0.25) is 0 Å². The van der Waals surface area contributed by atoms with Crippen LogP contribution in [0.3, 0.4) is 0 Å². The second kappa shape index (κ2) is 13.1. The van der Waals surface area contributed by atoms with Gasteiger partial charge < -0.3 is 24.8 Å². The van der Waals surface area contributed by atoms with Crippen LogP contribution >= 0.6 is 35.7 Å². The van der Waals surface area contributed by atoms with Gasteiger partial charge in [-0.1, -0.05) is 12.1 Å². The summed E-state index contributed by atoms with van der Waals surface area (Å²) < 4.78 is 5.10. The Morgan fingerprint density at radius 2 is 1.67 bits per heavy atom. The Bertz CT molecular complexity index is 674. The lowest BCUT2D eigenvalue weighted by atomic mass is 10.2. The van der Waals surface area contributed by atoms with E-state index in [1.54, 1.807) is 4.90 Å². The number of amides is 1. The van der Waals surface area contributed by atoms with E-state index in [2.05, 4.69) is 46.3 Å². The van der Waals surface area contributed by atoms with Crippen LogP contribution in [0.5, 0.6) is 0 Å². The number of piperazine rings is 1. The smallest absolute Gasteiger partial charge is 0.409 e. The molecule has 0 spiro atoms. The predicted octanol–water partition coefficient (Wildman–Crippen LogP) is 3.10. The van der Waals surface area contributed by atoms with Crippen molar-refractivity contribution in [2.45, 2.75) is 20.4 Å². The second-order valence-electron chi connectivity index (χ2n) is 7.11. The number of carbonyl (C=O) groups is 1. The van der Waals surface area contributed by atoms with Crippen LogP contribution in [0.4, 0.5) is 10.5 Å². The van der Waals surface area contributed by atoms with E-state index in [0.717, 1.165) is 38.7 Å². The first-order valence-electron chi connectivity index (χ1n) is 10.6. The highest BCUT2D eigenvalue weighted by atomic mass is 127. The van der Waals surface area contributed by atoms with Crippen LogP contribution in [0.25, 0.3) is 0 Å². The molecule has 9 heteroatoms. The Hall–Kier alpha value is -1.36. The fraction of sp³-hybridized carbons (Fsp3) is 0.619. The zero-order chi connectivity index (χ0) is 20.5. The minimum atomic E-state index is -0.221. The summed E-state index contributed by atoms with van der Waals surface area (Å²) in [4.78, 5) is 23.2. The number of nitrogens with one attached hydrogen (secondary N) is 1. The number of carbonyl (C=O) groups excluding carboxylic acids is 1. The monoisotopic (exact) mass is 547 g/mol. The maximum absolute atomic E-state index is 11.9. The molecule has 0 saturated carbocycles. The number of aliphatic imine (C=N–C) groups is 1. The van der Waals surface area contributed by atoms with Gasteiger partial charge in [0.15, 0.2) is 5.96 Å². The first-order valence-corrected chi connectivity index (χ1v) is 11.7. The number of ether oxygens (including phenoxy) is 1. The number of hydrogen-bond acceptors (Lipinski definition) is 5. The number of guanidine groups is 1. The molecular formula is C21H34IN5O2S. The van der Waals surface area contributed by atoms with Crippen molar-refractivity contribution >= 4 is 53.5 Å². The van der Waals surface area contributed by atoms with Crippen LogP contribution in [0, 0.1) is 0 Å². The van der Waals surface area contributed by atoms with Crippen LogP contribution in [0.15, 0.2) is 29.3 Å². The summed E-state index contributed by atoms with van der Waals surface area (Å²) in [7, 11) is 0. The molecule has 2 heterocycles. The first-order chi connectivity index (χ1) is 14.2. The highest BCUT2D eigenvalue weighted by Gasteiger charge is 2.23. The van der Waals surface area contributed by atoms with Gasteiger partial charge in [0.25, 0.3) is 0 Å². The highest BCUT2D eigenvalue weighted by Crippen LogP contribution is 2.20. The van der Waals surface area contributed by atoms with E-state index in [-0.39, 0.29) is 30.1 Å². The molecule has 0 bridgehead atoms. The Labute approximate surface area is 201 Å². The highest BCUT2D eigenvalue weighted by molar-refractivity contribution is 14.0. The standard InChI is InChI=1S/C21H33N5O2S.HI/c1-3-22-20(25-9-11-26(12-10-25)21(27)28-4-2)23-17-18-5-7-19(8-6-18)24-13-15-29-16-14-24;/h5-8H,3-4,9-17H2,1-2H3,(H,22,23);1H. The van der Waals surface area contributed by atoms with Crippen molar-refractivity contribution < 1.29 is 9.53 Å². The average molecular weight is 548 g/mol. The Kier molecular flexibility index (Phi) is 10.9. The van der Waals surface area contributed by atoms with Crippen LogP contribution in [-0.4, -0.2) is 85.8 Å². The van der Waals surface area contributed by atoms with E-state index in [1.807, 2.05) is 18.7 Å². The molecule has 0 unspecified atom stereocenters. The molecule has 0 aliphatic carbocycles. The maximum Gasteiger partial charge on any atom is 0.409 e. The molecule has 1 aromatic carbocycles.